The molecule has 4 amide bonds. The Labute approximate surface area is 136 Å². The number of rotatable bonds is 5. The molecule has 0 radical (unpaired) electrons. The molecule has 0 aromatic rings. The van der Waals surface area contributed by atoms with E-state index in [4.69, 9.17) is 5.73 Å². The van der Waals surface area contributed by atoms with Crippen LogP contribution in [0.5, 0.6) is 0 Å². The van der Waals surface area contributed by atoms with Gasteiger partial charge in [0.2, 0.25) is 5.91 Å². The maximum absolute atomic E-state index is 12.6. The number of imide groups is 1. The predicted molar refractivity (Wildman–Crippen MR) is 83.8 cm³/mol. The van der Waals surface area contributed by atoms with Gasteiger partial charge in [-0.05, 0) is 17.3 Å². The molecule has 9 heteroatoms. The summed E-state index contributed by atoms with van der Waals surface area (Å²) in [6.45, 7) is 4.36. The summed E-state index contributed by atoms with van der Waals surface area (Å²) in [5, 5.41) is 0. The van der Waals surface area contributed by atoms with Gasteiger partial charge in [-0.2, -0.15) is 0 Å². The average Bonchev–Trinajstić information content (AvgIpc) is 2.75. The largest absolute Gasteiger partial charge is 0.368 e. The van der Waals surface area contributed by atoms with Gasteiger partial charge >= 0.3 is 10.8 Å². The molecular weight excluding hydrogens is 354 g/mol. The number of hydrogen-bond donors (Lipinski definition) is 1. The van der Waals surface area contributed by atoms with E-state index in [2.05, 4.69) is 34.8 Å². The first-order valence-electron chi connectivity index (χ1n) is 6.99. The van der Waals surface area contributed by atoms with Gasteiger partial charge in [-0.15, -0.1) is 0 Å². The summed E-state index contributed by atoms with van der Waals surface area (Å²) in [5.74, 6) is -0.375. The van der Waals surface area contributed by atoms with Crippen LogP contribution in [-0.2, 0) is 9.59 Å². The zero-order chi connectivity index (χ0) is 16.6. The van der Waals surface area contributed by atoms with Gasteiger partial charge in [-0.25, -0.2) is 9.37 Å². The van der Waals surface area contributed by atoms with E-state index in [0.717, 1.165) is 11.3 Å². The molecule has 2 rings (SSSR count). The molecule has 1 fully saturated rings. The Morgan fingerprint density at radius 1 is 1.45 bits per heavy atom. The number of fused-ring (bicyclic) bond motifs is 1. The van der Waals surface area contributed by atoms with Crippen LogP contribution < -0.4 is 5.73 Å². The standard InChI is InChI=1S/C13H18BrN5O3/c1-7(2)4-5-18-9-10(16-12(18)14)17(3)13(22)19(11(9)21)6-8(15)20/h7,9H,4-6H2,1-3H3,(H-,15,20)/p+1. The van der Waals surface area contributed by atoms with Crippen LogP contribution >= 0.6 is 15.9 Å². The Morgan fingerprint density at radius 3 is 2.64 bits per heavy atom. The fraction of sp³-hybridized carbons (Fsp3) is 0.615. The molecule has 0 bridgehead atoms. The lowest BCUT2D eigenvalue weighted by molar-refractivity contribution is -0.533. The smallest absolute Gasteiger partial charge is 0.364 e. The lowest BCUT2D eigenvalue weighted by Gasteiger charge is -2.32. The van der Waals surface area contributed by atoms with Crippen molar-refractivity contribution in [2.45, 2.75) is 26.3 Å². The van der Waals surface area contributed by atoms with E-state index < -0.39 is 30.4 Å². The lowest BCUT2D eigenvalue weighted by atomic mass is 10.1. The minimum atomic E-state index is -0.731. The molecule has 2 heterocycles. The summed E-state index contributed by atoms with van der Waals surface area (Å²) in [4.78, 5) is 42.4. The number of nitrogens with two attached hydrogens (primary N) is 1. The predicted octanol–water partition coefficient (Wildman–Crippen LogP) is -0.0441. The van der Waals surface area contributed by atoms with Gasteiger partial charge in [-0.1, -0.05) is 13.8 Å². The summed E-state index contributed by atoms with van der Waals surface area (Å²) < 4.78 is 2.32. The third kappa shape index (κ3) is 2.90. The molecule has 0 saturated carbocycles. The third-order valence-electron chi connectivity index (χ3n) is 3.62. The number of nitrogens with zero attached hydrogens (tertiary/aromatic N) is 4. The van der Waals surface area contributed by atoms with Gasteiger partial charge in [0.25, 0.3) is 17.8 Å². The van der Waals surface area contributed by atoms with E-state index >= 15 is 0 Å². The van der Waals surface area contributed by atoms with E-state index in [1.54, 1.807) is 4.58 Å². The number of halogens is 1. The summed E-state index contributed by atoms with van der Waals surface area (Å²) in [6.07, 6.45) is 0.870. The monoisotopic (exact) mass is 372 g/mol. The Morgan fingerprint density at radius 2 is 2.09 bits per heavy atom. The molecule has 1 unspecified atom stereocenters. The molecular formula is C13H19BrN5O3+. The number of aliphatic imine (C=N–C) groups is 1. The van der Waals surface area contributed by atoms with Crippen LogP contribution in [0.1, 0.15) is 20.3 Å². The molecule has 1 atom stereocenters. The number of carbonyl (C=O) groups is 3. The maximum atomic E-state index is 12.6. The van der Waals surface area contributed by atoms with Gasteiger partial charge in [0.15, 0.2) is 0 Å². The van der Waals surface area contributed by atoms with Crippen LogP contribution in [0.25, 0.3) is 0 Å². The molecule has 1 saturated heterocycles. The summed E-state index contributed by atoms with van der Waals surface area (Å²) in [5.41, 5.74) is 5.13. The van der Waals surface area contributed by atoms with Crippen LogP contribution in [-0.4, -0.2) is 69.0 Å². The van der Waals surface area contributed by atoms with Gasteiger partial charge in [0, 0.05) is 7.05 Å². The van der Waals surface area contributed by atoms with Crippen LogP contribution in [0.4, 0.5) is 4.79 Å². The number of amidine groups is 2. The van der Waals surface area contributed by atoms with Crippen molar-refractivity contribution in [3.8, 4) is 0 Å². The zero-order valence-corrected chi connectivity index (χ0v) is 14.3. The summed E-state index contributed by atoms with van der Waals surface area (Å²) >= 11 is 3.35. The molecule has 2 N–H and O–H groups in total. The second-order valence-corrected chi connectivity index (χ2v) is 6.46. The molecule has 120 valence electrons. The molecule has 0 spiro atoms. The maximum Gasteiger partial charge on any atom is 0.364 e. The van der Waals surface area contributed by atoms with Crippen molar-refractivity contribution in [1.82, 2.24) is 9.80 Å². The van der Waals surface area contributed by atoms with E-state index in [0.29, 0.717) is 23.0 Å². The molecule has 0 aromatic heterocycles. The van der Waals surface area contributed by atoms with E-state index in [-0.39, 0.29) is 0 Å². The van der Waals surface area contributed by atoms with Crippen LogP contribution in [0.15, 0.2) is 4.99 Å². The van der Waals surface area contributed by atoms with Gasteiger partial charge in [-0.3, -0.25) is 19.4 Å². The van der Waals surface area contributed by atoms with Crippen LogP contribution in [0.3, 0.4) is 0 Å². The number of primary amides is 1. The molecule has 2 aliphatic rings. The van der Waals surface area contributed by atoms with Crippen molar-refractivity contribution >= 4 is 44.4 Å². The Balaban J connectivity index is 2.31. The summed E-state index contributed by atoms with van der Waals surface area (Å²) in [7, 11) is 1.53. The molecule has 0 aromatic carbocycles. The Bertz CT molecular complexity index is 598. The minimum Gasteiger partial charge on any atom is -0.368 e. The molecule has 8 nitrogen and oxygen atoms in total. The van der Waals surface area contributed by atoms with Gasteiger partial charge in [0.05, 0.1) is 22.5 Å². The number of amides is 4. The van der Waals surface area contributed by atoms with Crippen molar-refractivity contribution < 1.29 is 19.0 Å². The fourth-order valence-corrected chi connectivity index (χ4v) is 2.97. The quantitative estimate of drug-likeness (QED) is 0.541. The highest BCUT2D eigenvalue weighted by molar-refractivity contribution is 9.18. The van der Waals surface area contributed by atoms with Crippen molar-refractivity contribution in [1.29, 1.82) is 0 Å². The second-order valence-electron chi connectivity index (χ2n) is 5.75. The van der Waals surface area contributed by atoms with Crippen molar-refractivity contribution in [3.05, 3.63) is 0 Å². The average molecular weight is 373 g/mol. The van der Waals surface area contributed by atoms with E-state index in [1.807, 2.05) is 0 Å². The molecule has 2 aliphatic heterocycles. The van der Waals surface area contributed by atoms with Crippen molar-refractivity contribution in [2.75, 3.05) is 20.1 Å². The highest BCUT2D eigenvalue weighted by Gasteiger charge is 2.53. The number of likely N-dealkylation sites (N-methyl/N-ethyl adjacent to an activating group) is 1. The number of urea groups is 1. The third-order valence-corrected chi connectivity index (χ3v) is 4.26. The van der Waals surface area contributed by atoms with E-state index in [1.165, 1.54) is 11.9 Å². The van der Waals surface area contributed by atoms with Gasteiger partial charge in [0.1, 0.15) is 6.54 Å². The topological polar surface area (TPSA) is 99.1 Å². The first-order valence-corrected chi connectivity index (χ1v) is 7.78. The number of hydrogen-bond acceptors (Lipinski definition) is 4. The number of carbonyl (C=O) groups excluding carboxylic acids is 3. The van der Waals surface area contributed by atoms with Crippen LogP contribution in [0, 0.1) is 5.92 Å². The first-order chi connectivity index (χ1) is 10.2. The van der Waals surface area contributed by atoms with Crippen LogP contribution in [0.2, 0.25) is 0 Å². The van der Waals surface area contributed by atoms with Crippen molar-refractivity contribution in [2.24, 2.45) is 16.6 Å². The first kappa shape index (κ1) is 16.6. The highest BCUT2D eigenvalue weighted by Crippen LogP contribution is 2.22. The Hall–Kier alpha value is -1.77. The lowest BCUT2D eigenvalue weighted by Crippen LogP contribution is -2.64. The van der Waals surface area contributed by atoms with Gasteiger partial charge < -0.3 is 5.73 Å². The van der Waals surface area contributed by atoms with Crippen molar-refractivity contribution in [3.63, 3.8) is 0 Å². The highest BCUT2D eigenvalue weighted by atomic mass is 79.9. The zero-order valence-electron chi connectivity index (χ0n) is 12.7. The molecule has 22 heavy (non-hydrogen) atoms. The normalized spacial score (nSPS) is 21.7. The minimum absolute atomic E-state index is 0.367. The fourth-order valence-electron chi connectivity index (χ4n) is 2.41. The second kappa shape index (κ2) is 6.15. The van der Waals surface area contributed by atoms with E-state index in [9.17, 15) is 14.4 Å². The SMILES string of the molecule is CC(C)CC[N+]1=C(Br)N=C2C1C(=O)N(CC(N)=O)C(=O)N2C. The summed E-state index contributed by atoms with van der Waals surface area (Å²) in [6, 6.07) is -1.29. The molecule has 0 aliphatic carbocycles. The Kier molecular flexibility index (Phi) is 4.64.